The van der Waals surface area contributed by atoms with Crippen LogP contribution in [0.5, 0.6) is 17.2 Å². The number of hydrogen-bond acceptors (Lipinski definition) is 4. The average molecular weight is 627 g/mol. The van der Waals surface area contributed by atoms with Crippen LogP contribution < -0.4 is 19.8 Å². The van der Waals surface area contributed by atoms with E-state index in [9.17, 15) is 0 Å². The van der Waals surface area contributed by atoms with Gasteiger partial charge in [0.05, 0.1) is 16.9 Å². The highest BCUT2D eigenvalue weighted by molar-refractivity contribution is 7.01. The average Bonchev–Trinajstić information content (AvgIpc) is 3.72. The maximum Gasteiger partial charge on any atom is 0.145 e. The number of hydrogen-bond donors (Lipinski definition) is 0. The number of para-hydroxylation sites is 2. The van der Waals surface area contributed by atoms with E-state index < -0.39 is 8.07 Å². The Morgan fingerprint density at radius 3 is 2.62 bits per heavy atom. The lowest BCUT2D eigenvalue weighted by Crippen LogP contribution is -2.55. The van der Waals surface area contributed by atoms with Crippen LogP contribution in [0.25, 0.3) is 33.3 Å². The lowest BCUT2D eigenvalue weighted by Gasteiger charge is -2.33. The minimum absolute atomic E-state index is 0.0932. The van der Waals surface area contributed by atoms with Crippen LogP contribution in [0.15, 0.2) is 140 Å². The molecular formula is C40H30N4O2Si. The van der Waals surface area contributed by atoms with Gasteiger partial charge in [0.25, 0.3) is 0 Å². The summed E-state index contributed by atoms with van der Waals surface area (Å²) < 4.78 is 17.6. The second kappa shape index (κ2) is 9.67. The Labute approximate surface area is 272 Å². The molecule has 3 aromatic heterocycles. The van der Waals surface area contributed by atoms with Crippen LogP contribution in [-0.2, 0) is 0 Å². The van der Waals surface area contributed by atoms with Gasteiger partial charge in [0.2, 0.25) is 0 Å². The molecule has 3 aliphatic rings. The predicted octanol–water partition coefficient (Wildman–Crippen LogP) is 8.01. The molecule has 0 saturated heterocycles. The second-order valence-electron chi connectivity index (χ2n) is 13.1. The molecule has 0 fully saturated rings. The maximum atomic E-state index is 6.60. The lowest BCUT2D eigenvalue weighted by molar-refractivity contribution is 0.430. The van der Waals surface area contributed by atoms with Crippen LogP contribution >= 0.6 is 0 Å². The molecule has 7 aromatic rings. The number of nitrogens with zero attached hydrogens (tertiary/aromatic N) is 4. The molecule has 4 aromatic carbocycles. The van der Waals surface area contributed by atoms with E-state index in [1.807, 2.05) is 30.7 Å². The molecule has 2 aliphatic heterocycles. The molecule has 0 saturated carbocycles. The summed E-state index contributed by atoms with van der Waals surface area (Å²) >= 11 is 0. The molecule has 226 valence electrons. The summed E-state index contributed by atoms with van der Waals surface area (Å²) in [7, 11) is -2.02. The van der Waals surface area contributed by atoms with Crippen molar-refractivity contribution in [3.63, 3.8) is 0 Å². The van der Waals surface area contributed by atoms with Gasteiger partial charge in [-0.25, -0.2) is 9.97 Å². The molecule has 10 rings (SSSR count). The standard InChI is InChI=1S/C40H30N4O2Si/c1-47(2)37-15-6-5-14-35(37)46-36-23-31-30-12-8-18-41-40(30)44(34(31)24-38(36)47)25-9-7-10-26(21-25)45-27-16-17-28-29-11-3-4-13-33(29)43-20-19-42-39(43)32(28)22-27/h3-24,28,32H,1-2H3. The fraction of sp³-hybridized carbons (Fsp3) is 0.100. The quantitative estimate of drug-likeness (QED) is 0.187. The zero-order valence-electron chi connectivity index (χ0n) is 26.0. The minimum Gasteiger partial charge on any atom is -0.458 e. The van der Waals surface area contributed by atoms with Crippen molar-refractivity contribution in [2.75, 3.05) is 0 Å². The predicted molar refractivity (Wildman–Crippen MR) is 189 cm³/mol. The summed E-state index contributed by atoms with van der Waals surface area (Å²) in [5, 5.41) is 4.83. The third-order valence-corrected chi connectivity index (χ3v) is 13.6. The molecule has 0 bridgehead atoms. The van der Waals surface area contributed by atoms with Crippen molar-refractivity contribution in [2.45, 2.75) is 24.9 Å². The molecule has 7 heteroatoms. The van der Waals surface area contributed by atoms with Gasteiger partial charge in [-0.1, -0.05) is 61.6 Å². The van der Waals surface area contributed by atoms with E-state index in [2.05, 4.69) is 125 Å². The highest BCUT2D eigenvalue weighted by Gasteiger charge is 2.37. The summed E-state index contributed by atoms with van der Waals surface area (Å²) in [4.78, 5) is 9.64. The molecule has 1 aliphatic carbocycles. The fourth-order valence-corrected chi connectivity index (χ4v) is 10.7. The molecule has 2 unspecified atom stereocenters. The Morgan fingerprint density at radius 2 is 1.66 bits per heavy atom. The summed E-state index contributed by atoms with van der Waals surface area (Å²) in [6, 6.07) is 34.1. The number of aromatic nitrogens is 4. The monoisotopic (exact) mass is 626 g/mol. The van der Waals surface area contributed by atoms with Gasteiger partial charge in [-0.3, -0.25) is 4.57 Å². The summed E-state index contributed by atoms with van der Waals surface area (Å²) in [6.45, 7) is 4.82. The van der Waals surface area contributed by atoms with E-state index in [4.69, 9.17) is 19.4 Å². The molecule has 0 N–H and O–H groups in total. The molecular weight excluding hydrogens is 597 g/mol. The first kappa shape index (κ1) is 26.5. The van der Waals surface area contributed by atoms with Crippen LogP contribution in [0.1, 0.15) is 23.2 Å². The van der Waals surface area contributed by atoms with Crippen LogP contribution in [0.3, 0.4) is 0 Å². The van der Waals surface area contributed by atoms with E-state index in [-0.39, 0.29) is 11.8 Å². The van der Waals surface area contributed by atoms with Crippen LogP contribution in [-0.4, -0.2) is 27.2 Å². The van der Waals surface area contributed by atoms with Crippen molar-refractivity contribution in [1.29, 1.82) is 0 Å². The van der Waals surface area contributed by atoms with E-state index in [0.29, 0.717) is 0 Å². The van der Waals surface area contributed by atoms with Crippen LogP contribution in [0.2, 0.25) is 13.1 Å². The van der Waals surface area contributed by atoms with Gasteiger partial charge < -0.3 is 14.0 Å². The van der Waals surface area contributed by atoms with Gasteiger partial charge in [-0.15, -0.1) is 0 Å². The highest BCUT2D eigenvalue weighted by Crippen LogP contribution is 2.45. The van der Waals surface area contributed by atoms with E-state index in [1.54, 1.807) is 0 Å². The Bertz CT molecular complexity index is 2490. The first-order valence-electron chi connectivity index (χ1n) is 16.1. The normalized spacial score (nSPS) is 18.4. The van der Waals surface area contributed by atoms with Crippen molar-refractivity contribution in [1.82, 2.24) is 19.1 Å². The first-order valence-corrected chi connectivity index (χ1v) is 19.1. The first-order chi connectivity index (χ1) is 23.0. The number of fused-ring (bicyclic) bond motifs is 11. The van der Waals surface area contributed by atoms with Crippen LogP contribution in [0, 0.1) is 0 Å². The summed E-state index contributed by atoms with van der Waals surface area (Å²) in [5.74, 6) is 4.86. The van der Waals surface area contributed by atoms with Gasteiger partial charge >= 0.3 is 0 Å². The third-order valence-electron chi connectivity index (χ3n) is 10.1. The molecule has 6 nitrogen and oxygen atoms in total. The summed E-state index contributed by atoms with van der Waals surface area (Å²) in [6.07, 6.45) is 12.4. The lowest BCUT2D eigenvalue weighted by atomic mass is 9.79. The number of allylic oxidation sites excluding steroid dienone is 3. The number of benzene rings is 4. The highest BCUT2D eigenvalue weighted by atomic mass is 28.3. The Balaban J connectivity index is 1.06. The van der Waals surface area contributed by atoms with Gasteiger partial charge in [-0.05, 0) is 76.6 Å². The minimum atomic E-state index is -2.02. The molecule has 47 heavy (non-hydrogen) atoms. The van der Waals surface area contributed by atoms with Gasteiger partial charge in [0, 0.05) is 47.3 Å². The van der Waals surface area contributed by atoms with Gasteiger partial charge in [-0.2, -0.15) is 0 Å². The van der Waals surface area contributed by atoms with Crippen molar-refractivity contribution in [2.24, 2.45) is 0 Å². The molecule has 0 amide bonds. The van der Waals surface area contributed by atoms with Crippen molar-refractivity contribution in [3.05, 3.63) is 151 Å². The number of pyridine rings is 1. The smallest absolute Gasteiger partial charge is 0.145 e. The maximum absolute atomic E-state index is 6.60. The Kier molecular flexibility index (Phi) is 5.46. The topological polar surface area (TPSA) is 54.1 Å². The Hall–Kier alpha value is -5.66. The van der Waals surface area contributed by atoms with Crippen molar-refractivity contribution < 1.29 is 9.47 Å². The number of imidazole rings is 1. The van der Waals surface area contributed by atoms with Crippen LogP contribution in [0.4, 0.5) is 0 Å². The summed E-state index contributed by atoms with van der Waals surface area (Å²) in [5.41, 5.74) is 5.52. The zero-order chi connectivity index (χ0) is 31.3. The van der Waals surface area contributed by atoms with E-state index in [0.717, 1.165) is 56.5 Å². The van der Waals surface area contributed by atoms with Gasteiger partial charge in [0.1, 0.15) is 42.6 Å². The van der Waals surface area contributed by atoms with E-state index >= 15 is 0 Å². The second-order valence-corrected chi connectivity index (χ2v) is 17.4. The molecule has 2 atom stereocenters. The SMILES string of the molecule is C[Si]1(C)c2ccccc2Oc2cc3c4cccnc4n(-c4cccc(OC5=CC6c7nccn7-c7ccccc7C6C=C5)c4)c3cc21. The molecule has 0 spiro atoms. The van der Waals surface area contributed by atoms with Gasteiger partial charge in [0.15, 0.2) is 0 Å². The molecule has 0 radical (unpaired) electrons. The third kappa shape index (κ3) is 3.83. The number of rotatable bonds is 3. The van der Waals surface area contributed by atoms with Crippen molar-refractivity contribution in [3.8, 4) is 28.6 Å². The van der Waals surface area contributed by atoms with E-state index in [1.165, 1.54) is 21.6 Å². The largest absolute Gasteiger partial charge is 0.458 e. The fourth-order valence-electron chi connectivity index (χ4n) is 7.87. The zero-order valence-corrected chi connectivity index (χ0v) is 27.0. The molecule has 5 heterocycles. The Morgan fingerprint density at radius 1 is 0.766 bits per heavy atom. The number of ether oxygens (including phenoxy) is 2. The van der Waals surface area contributed by atoms with Crippen molar-refractivity contribution >= 4 is 40.4 Å².